The van der Waals surface area contributed by atoms with Crippen molar-refractivity contribution < 1.29 is 9.26 Å². The second kappa shape index (κ2) is 6.04. The molecule has 2 aliphatic heterocycles. The molecule has 148 valence electrons. The van der Waals surface area contributed by atoms with Crippen LogP contribution in [0.15, 0.2) is 40.0 Å². The van der Waals surface area contributed by atoms with E-state index in [0.717, 1.165) is 48.6 Å². The van der Waals surface area contributed by atoms with Gasteiger partial charge < -0.3 is 9.26 Å². The first-order valence-corrected chi connectivity index (χ1v) is 9.94. The van der Waals surface area contributed by atoms with Crippen LogP contribution < -0.4 is 10.0 Å². The van der Waals surface area contributed by atoms with E-state index in [1.165, 1.54) is 0 Å². The van der Waals surface area contributed by atoms with E-state index in [1.807, 2.05) is 38.9 Å². The van der Waals surface area contributed by atoms with Crippen LogP contribution in [0, 0.1) is 0 Å². The highest BCUT2D eigenvalue weighted by molar-refractivity contribution is 6.29. The van der Waals surface area contributed by atoms with Gasteiger partial charge in [0.2, 0.25) is 11.1 Å². The van der Waals surface area contributed by atoms with E-state index < -0.39 is 5.60 Å². The Morgan fingerprint density at radius 1 is 1.21 bits per heavy atom. The molecule has 0 bridgehead atoms. The fraction of sp³-hybridized carbons (Fsp3) is 0.368. The lowest BCUT2D eigenvalue weighted by Gasteiger charge is -2.33. The Balaban J connectivity index is 1.43. The van der Waals surface area contributed by atoms with Gasteiger partial charge in [-0.15, -0.1) is 0 Å². The van der Waals surface area contributed by atoms with Gasteiger partial charge in [-0.2, -0.15) is 4.98 Å². The Morgan fingerprint density at radius 3 is 2.86 bits per heavy atom. The van der Waals surface area contributed by atoms with E-state index in [4.69, 9.17) is 25.9 Å². The Hall–Kier alpha value is -2.91. The van der Waals surface area contributed by atoms with Gasteiger partial charge in [0.1, 0.15) is 12.3 Å². The maximum Gasteiger partial charge on any atom is 0.345 e. The van der Waals surface area contributed by atoms with E-state index in [9.17, 15) is 0 Å². The fourth-order valence-corrected chi connectivity index (χ4v) is 4.70. The maximum atomic E-state index is 6.40. The first-order chi connectivity index (χ1) is 14.2. The molecule has 4 heterocycles. The van der Waals surface area contributed by atoms with E-state index in [1.54, 1.807) is 13.3 Å². The zero-order chi connectivity index (χ0) is 19.6. The van der Waals surface area contributed by atoms with E-state index in [2.05, 4.69) is 15.1 Å². The molecule has 10 heteroatoms. The van der Waals surface area contributed by atoms with Crippen molar-refractivity contribution in [2.75, 3.05) is 23.8 Å². The van der Waals surface area contributed by atoms with Crippen LogP contribution in [0.25, 0.3) is 5.69 Å². The molecule has 0 spiro atoms. The lowest BCUT2D eigenvalue weighted by atomic mass is 10.0. The number of benzene rings is 1. The van der Waals surface area contributed by atoms with Crippen molar-refractivity contribution in [3.8, 4) is 5.69 Å². The molecule has 0 saturated heterocycles. The number of aliphatic imine (C=N–C) groups is 1. The summed E-state index contributed by atoms with van der Waals surface area (Å²) in [5.74, 6) is 2.16. The van der Waals surface area contributed by atoms with E-state index >= 15 is 0 Å². The molecule has 29 heavy (non-hydrogen) atoms. The zero-order valence-corrected chi connectivity index (χ0v) is 16.5. The number of aromatic nitrogens is 4. The number of amidine groups is 1. The van der Waals surface area contributed by atoms with Crippen LogP contribution in [-0.2, 0) is 10.3 Å². The summed E-state index contributed by atoms with van der Waals surface area (Å²) in [7, 11) is 1.71. The first-order valence-electron chi connectivity index (χ1n) is 9.56. The highest BCUT2D eigenvalue weighted by Crippen LogP contribution is 2.42. The molecular weight excluding hydrogens is 394 g/mol. The molecule has 1 aliphatic carbocycles. The van der Waals surface area contributed by atoms with E-state index in [-0.39, 0.29) is 0 Å². The van der Waals surface area contributed by atoms with Gasteiger partial charge in [-0.25, -0.2) is 20.0 Å². The van der Waals surface area contributed by atoms with E-state index in [0.29, 0.717) is 23.8 Å². The minimum atomic E-state index is -0.468. The van der Waals surface area contributed by atoms with Gasteiger partial charge in [-0.1, -0.05) is 17.3 Å². The van der Waals surface area contributed by atoms with Crippen molar-refractivity contribution in [1.29, 1.82) is 0 Å². The van der Waals surface area contributed by atoms with Crippen LogP contribution in [0.5, 0.6) is 0 Å². The molecule has 3 aromatic rings. The molecule has 9 nitrogen and oxygen atoms in total. The average Bonchev–Trinajstić information content (AvgIpc) is 3.52. The summed E-state index contributed by atoms with van der Waals surface area (Å²) in [6.45, 7) is 0.355. The maximum absolute atomic E-state index is 6.40. The van der Waals surface area contributed by atoms with Crippen LogP contribution in [0.4, 0.5) is 11.8 Å². The molecule has 1 fully saturated rings. The molecule has 1 aromatic carbocycles. The number of rotatable bonds is 3. The molecule has 2 aromatic heterocycles. The molecule has 6 rings (SSSR count). The number of hydrogen-bond acceptors (Lipinski definition) is 8. The summed E-state index contributed by atoms with van der Waals surface area (Å²) >= 11 is 6.40. The second-order valence-electron chi connectivity index (χ2n) is 7.38. The van der Waals surface area contributed by atoms with Gasteiger partial charge in [0.25, 0.3) is 0 Å². The first kappa shape index (κ1) is 17.0. The van der Waals surface area contributed by atoms with Crippen LogP contribution >= 0.6 is 11.6 Å². The Kier molecular flexibility index (Phi) is 3.54. The molecule has 1 saturated carbocycles. The van der Waals surface area contributed by atoms with Crippen molar-refractivity contribution in [1.82, 2.24) is 19.7 Å². The highest BCUT2D eigenvalue weighted by atomic mass is 35.5. The molecule has 0 amide bonds. The normalized spacial score (nSPS) is 19.2. The number of methoxy groups -OCH3 is 1. The minimum Gasteiger partial charge on any atom is -0.370 e. The number of anilines is 2. The van der Waals surface area contributed by atoms with Gasteiger partial charge in [-0.05, 0) is 49.4 Å². The molecule has 0 radical (unpaired) electrons. The van der Waals surface area contributed by atoms with Crippen LogP contribution in [0.1, 0.15) is 37.1 Å². The smallest absolute Gasteiger partial charge is 0.345 e. The predicted octanol–water partition coefficient (Wildman–Crippen LogP) is 3.28. The standard InChI is InChI=1S/C19H18ClN7O2/c1-28-19(8-4-5-9-19)16-23-18(29-24-16)25-11-22-15-12-6-2-3-7-13(12)26-14(27(15)25)10-21-17(26)20/h2-3,6-7,10H,4-5,8-9,11H2,1H3. The number of hydrogen-bond donors (Lipinski definition) is 0. The summed E-state index contributed by atoms with van der Waals surface area (Å²) in [6.07, 6.45) is 5.69. The van der Waals surface area contributed by atoms with Gasteiger partial charge in [0.05, 0.1) is 11.9 Å². The van der Waals surface area contributed by atoms with Crippen molar-refractivity contribution in [3.05, 3.63) is 47.1 Å². The Bertz CT molecular complexity index is 1130. The Labute approximate surface area is 171 Å². The summed E-state index contributed by atoms with van der Waals surface area (Å²) < 4.78 is 13.3. The zero-order valence-electron chi connectivity index (χ0n) is 15.7. The number of halogens is 1. The largest absolute Gasteiger partial charge is 0.370 e. The van der Waals surface area contributed by atoms with Gasteiger partial charge in [-0.3, -0.25) is 4.57 Å². The number of fused-ring (bicyclic) bond motifs is 6. The molecule has 0 unspecified atom stereocenters. The summed E-state index contributed by atoms with van der Waals surface area (Å²) in [6, 6.07) is 8.33. The third-order valence-electron chi connectivity index (χ3n) is 5.95. The average molecular weight is 412 g/mol. The summed E-state index contributed by atoms with van der Waals surface area (Å²) in [5, 5.41) is 8.39. The summed E-state index contributed by atoms with van der Waals surface area (Å²) in [5.41, 5.74) is 1.44. The third-order valence-corrected chi connectivity index (χ3v) is 6.21. The molecule has 3 aliphatic rings. The fourth-order valence-electron chi connectivity index (χ4n) is 4.48. The number of hydrazine groups is 1. The highest BCUT2D eigenvalue weighted by Gasteiger charge is 2.43. The lowest BCUT2D eigenvalue weighted by molar-refractivity contribution is -0.0178. The molecule has 0 atom stereocenters. The molecular formula is C19H18ClN7O2. The topological polar surface area (TPSA) is 84.8 Å². The van der Waals surface area contributed by atoms with Crippen molar-refractivity contribution in [2.45, 2.75) is 31.3 Å². The van der Waals surface area contributed by atoms with Crippen LogP contribution in [-0.4, -0.2) is 39.3 Å². The minimum absolute atomic E-state index is 0.355. The van der Waals surface area contributed by atoms with Gasteiger partial charge in [0, 0.05) is 12.7 Å². The monoisotopic (exact) mass is 411 g/mol. The number of nitrogens with zero attached hydrogens (tertiary/aromatic N) is 7. The van der Waals surface area contributed by atoms with Crippen LogP contribution in [0.3, 0.4) is 0 Å². The second-order valence-corrected chi connectivity index (χ2v) is 7.72. The lowest BCUT2D eigenvalue weighted by Crippen LogP contribution is -2.45. The number of imidazole rings is 1. The van der Waals surface area contributed by atoms with Crippen molar-refractivity contribution in [2.24, 2.45) is 4.99 Å². The third kappa shape index (κ3) is 2.25. The predicted molar refractivity (Wildman–Crippen MR) is 106 cm³/mol. The van der Waals surface area contributed by atoms with Crippen LogP contribution in [0.2, 0.25) is 5.28 Å². The summed E-state index contributed by atoms with van der Waals surface area (Å²) in [4.78, 5) is 13.7. The van der Waals surface area contributed by atoms with Gasteiger partial charge in [0.15, 0.2) is 11.7 Å². The SMILES string of the molecule is COC1(c2noc(N3CN=C4c5ccccc5-n5c(cnc5Cl)N43)n2)CCCC1. The molecule has 0 N–H and O–H groups in total. The quantitative estimate of drug-likeness (QED) is 0.653. The van der Waals surface area contributed by atoms with Gasteiger partial charge >= 0.3 is 6.01 Å². The number of para-hydroxylation sites is 1. The number of ether oxygens (including phenoxy) is 1. The van der Waals surface area contributed by atoms with Crippen molar-refractivity contribution >= 4 is 29.3 Å². The van der Waals surface area contributed by atoms with Crippen molar-refractivity contribution in [3.63, 3.8) is 0 Å². The Morgan fingerprint density at radius 2 is 2.03 bits per heavy atom.